The lowest BCUT2D eigenvalue weighted by Gasteiger charge is -2.35. The molecule has 1 aromatic rings. The first-order chi connectivity index (χ1) is 9.10. The van der Waals surface area contributed by atoms with Gasteiger partial charge in [-0.05, 0) is 49.9 Å². The number of likely N-dealkylation sites (tertiary alicyclic amines) is 1. The van der Waals surface area contributed by atoms with Crippen molar-refractivity contribution >= 4 is 11.3 Å². The van der Waals surface area contributed by atoms with Crippen molar-refractivity contribution in [1.82, 2.24) is 10.2 Å². The predicted molar refractivity (Wildman–Crippen MR) is 84.7 cm³/mol. The molecular weight excluding hydrogens is 252 g/mol. The summed E-state index contributed by atoms with van der Waals surface area (Å²) in [6.45, 7) is 15.0. The summed E-state index contributed by atoms with van der Waals surface area (Å²) in [7, 11) is 0. The van der Waals surface area contributed by atoms with Crippen molar-refractivity contribution in [3.63, 3.8) is 0 Å². The van der Waals surface area contributed by atoms with Crippen molar-refractivity contribution in [2.45, 2.75) is 47.2 Å². The fraction of sp³-hybridized carbons (Fsp3) is 0.750. The number of nitrogens with zero attached hydrogens (tertiary/aromatic N) is 1. The maximum atomic E-state index is 3.42. The highest BCUT2D eigenvalue weighted by atomic mass is 32.1. The topological polar surface area (TPSA) is 15.3 Å². The fourth-order valence-corrected chi connectivity index (χ4v) is 3.84. The van der Waals surface area contributed by atoms with Crippen molar-refractivity contribution in [3.8, 4) is 0 Å². The summed E-state index contributed by atoms with van der Waals surface area (Å²) in [5.74, 6) is 1.73. The van der Waals surface area contributed by atoms with Gasteiger partial charge in [0.2, 0.25) is 0 Å². The van der Waals surface area contributed by atoms with Crippen molar-refractivity contribution in [2.75, 3.05) is 19.6 Å². The van der Waals surface area contributed by atoms with Crippen LogP contribution in [0.15, 0.2) is 6.07 Å². The molecule has 0 amide bonds. The van der Waals surface area contributed by atoms with Gasteiger partial charge < -0.3 is 5.32 Å². The van der Waals surface area contributed by atoms with Gasteiger partial charge in [0.1, 0.15) is 0 Å². The minimum atomic E-state index is 0.842. The SMILES string of the molecule is CCNCc1cc(CN2CCC(C)C(C)C2)c(C)s1. The summed E-state index contributed by atoms with van der Waals surface area (Å²) < 4.78 is 0. The highest BCUT2D eigenvalue weighted by Gasteiger charge is 2.23. The van der Waals surface area contributed by atoms with E-state index in [1.165, 1.54) is 29.3 Å². The molecule has 1 aromatic heterocycles. The lowest BCUT2D eigenvalue weighted by molar-refractivity contribution is 0.132. The molecular formula is C16H28N2S. The molecule has 2 heterocycles. The highest BCUT2D eigenvalue weighted by Crippen LogP contribution is 2.27. The van der Waals surface area contributed by atoms with Gasteiger partial charge in [-0.15, -0.1) is 11.3 Å². The molecule has 19 heavy (non-hydrogen) atoms. The zero-order valence-corrected chi connectivity index (χ0v) is 13.6. The maximum Gasteiger partial charge on any atom is 0.0299 e. The van der Waals surface area contributed by atoms with E-state index in [0.717, 1.165) is 31.5 Å². The Morgan fingerprint density at radius 3 is 2.84 bits per heavy atom. The zero-order chi connectivity index (χ0) is 13.8. The Kier molecular flexibility index (Phi) is 5.43. The third-order valence-electron chi connectivity index (χ3n) is 4.43. The van der Waals surface area contributed by atoms with Gasteiger partial charge in [0.15, 0.2) is 0 Å². The monoisotopic (exact) mass is 280 g/mol. The third-order valence-corrected chi connectivity index (χ3v) is 5.53. The molecule has 2 unspecified atom stereocenters. The van der Waals surface area contributed by atoms with E-state index in [-0.39, 0.29) is 0 Å². The van der Waals surface area contributed by atoms with Gasteiger partial charge in [-0.2, -0.15) is 0 Å². The van der Waals surface area contributed by atoms with Crippen LogP contribution >= 0.6 is 11.3 Å². The Bertz CT molecular complexity index is 399. The molecule has 1 N–H and O–H groups in total. The molecule has 0 aliphatic carbocycles. The Labute approximate surface area is 122 Å². The van der Waals surface area contributed by atoms with E-state index in [2.05, 4.69) is 44.0 Å². The van der Waals surface area contributed by atoms with Crippen molar-refractivity contribution in [2.24, 2.45) is 11.8 Å². The zero-order valence-electron chi connectivity index (χ0n) is 12.8. The average Bonchev–Trinajstić information content (AvgIpc) is 2.72. The molecule has 0 saturated carbocycles. The van der Waals surface area contributed by atoms with Crippen LogP contribution < -0.4 is 5.32 Å². The first kappa shape index (κ1) is 15.0. The number of aryl methyl sites for hydroxylation is 1. The second-order valence-electron chi connectivity index (χ2n) is 6.05. The van der Waals surface area contributed by atoms with Gasteiger partial charge in [-0.1, -0.05) is 20.8 Å². The minimum Gasteiger partial charge on any atom is -0.312 e. The quantitative estimate of drug-likeness (QED) is 0.886. The normalized spacial score (nSPS) is 24.8. The van der Waals surface area contributed by atoms with Crippen LogP contribution in [-0.2, 0) is 13.1 Å². The molecule has 2 atom stereocenters. The summed E-state index contributed by atoms with van der Waals surface area (Å²) in [5.41, 5.74) is 1.54. The van der Waals surface area contributed by atoms with Gasteiger partial charge in [0.05, 0.1) is 0 Å². The number of nitrogens with one attached hydrogen (secondary N) is 1. The van der Waals surface area contributed by atoms with Crippen molar-refractivity contribution in [3.05, 3.63) is 21.4 Å². The second kappa shape index (κ2) is 6.87. The van der Waals surface area contributed by atoms with Gasteiger partial charge in [0.25, 0.3) is 0 Å². The van der Waals surface area contributed by atoms with Crippen LogP contribution in [-0.4, -0.2) is 24.5 Å². The van der Waals surface area contributed by atoms with Crippen LogP contribution in [0.5, 0.6) is 0 Å². The van der Waals surface area contributed by atoms with E-state index < -0.39 is 0 Å². The van der Waals surface area contributed by atoms with Gasteiger partial charge in [-0.3, -0.25) is 4.90 Å². The Morgan fingerprint density at radius 1 is 1.37 bits per heavy atom. The molecule has 2 nitrogen and oxygen atoms in total. The third kappa shape index (κ3) is 4.04. The first-order valence-corrected chi connectivity index (χ1v) is 8.43. The average molecular weight is 280 g/mol. The largest absolute Gasteiger partial charge is 0.312 e. The summed E-state index contributed by atoms with van der Waals surface area (Å²) >= 11 is 1.96. The molecule has 3 heteroatoms. The summed E-state index contributed by atoms with van der Waals surface area (Å²) in [5, 5.41) is 3.42. The smallest absolute Gasteiger partial charge is 0.0299 e. The summed E-state index contributed by atoms with van der Waals surface area (Å²) in [6, 6.07) is 2.41. The molecule has 0 bridgehead atoms. The van der Waals surface area contributed by atoms with Crippen molar-refractivity contribution < 1.29 is 0 Å². The molecule has 108 valence electrons. The molecule has 0 spiro atoms. The van der Waals surface area contributed by atoms with E-state index in [0.29, 0.717) is 0 Å². The standard InChI is InChI=1S/C16H28N2S/c1-5-17-9-16-8-15(14(4)19-16)11-18-7-6-12(2)13(3)10-18/h8,12-13,17H,5-7,9-11H2,1-4H3. The molecule has 1 aliphatic heterocycles. The molecule has 2 rings (SSSR count). The molecule has 1 aliphatic rings. The van der Waals surface area contributed by atoms with E-state index in [1.807, 2.05) is 11.3 Å². The van der Waals surface area contributed by atoms with E-state index in [1.54, 1.807) is 5.56 Å². The molecule has 0 radical (unpaired) electrons. The predicted octanol–water partition coefficient (Wildman–Crippen LogP) is 3.64. The van der Waals surface area contributed by atoms with Crippen LogP contribution in [0.25, 0.3) is 0 Å². The van der Waals surface area contributed by atoms with Gasteiger partial charge in [0, 0.05) is 29.4 Å². The Hall–Kier alpha value is -0.380. The van der Waals surface area contributed by atoms with Gasteiger partial charge >= 0.3 is 0 Å². The molecule has 1 saturated heterocycles. The Morgan fingerprint density at radius 2 is 2.16 bits per heavy atom. The number of piperidine rings is 1. The van der Waals surface area contributed by atoms with Crippen LogP contribution in [0, 0.1) is 18.8 Å². The van der Waals surface area contributed by atoms with Gasteiger partial charge in [-0.25, -0.2) is 0 Å². The molecule has 1 fully saturated rings. The first-order valence-electron chi connectivity index (χ1n) is 7.61. The van der Waals surface area contributed by atoms with E-state index in [4.69, 9.17) is 0 Å². The van der Waals surface area contributed by atoms with E-state index in [9.17, 15) is 0 Å². The maximum absolute atomic E-state index is 3.42. The lowest BCUT2D eigenvalue weighted by Crippen LogP contribution is -2.37. The number of hydrogen-bond acceptors (Lipinski definition) is 3. The summed E-state index contributed by atoms with van der Waals surface area (Å²) in [4.78, 5) is 5.61. The second-order valence-corrected chi connectivity index (χ2v) is 7.39. The number of hydrogen-bond donors (Lipinski definition) is 1. The number of rotatable bonds is 5. The highest BCUT2D eigenvalue weighted by molar-refractivity contribution is 7.12. The van der Waals surface area contributed by atoms with E-state index >= 15 is 0 Å². The molecule has 0 aromatic carbocycles. The van der Waals surface area contributed by atoms with Crippen LogP contribution in [0.1, 0.15) is 42.5 Å². The Balaban J connectivity index is 1.93. The van der Waals surface area contributed by atoms with Crippen molar-refractivity contribution in [1.29, 1.82) is 0 Å². The fourth-order valence-electron chi connectivity index (χ4n) is 2.81. The number of thiophene rings is 1. The van der Waals surface area contributed by atoms with Crippen LogP contribution in [0.3, 0.4) is 0 Å². The minimum absolute atomic E-state index is 0.842. The van der Waals surface area contributed by atoms with Crippen LogP contribution in [0.2, 0.25) is 0 Å². The van der Waals surface area contributed by atoms with Crippen LogP contribution in [0.4, 0.5) is 0 Å². The summed E-state index contributed by atoms with van der Waals surface area (Å²) in [6.07, 6.45) is 1.36. The lowest BCUT2D eigenvalue weighted by atomic mass is 9.88.